The van der Waals surface area contributed by atoms with Crippen LogP contribution in [0, 0.1) is 5.82 Å². The van der Waals surface area contributed by atoms with Gasteiger partial charge in [0.2, 0.25) is 5.91 Å². The molecule has 148 valence electrons. The first kappa shape index (κ1) is 19.1. The fraction of sp³-hybridized carbons (Fsp3) is 0.409. The van der Waals surface area contributed by atoms with Gasteiger partial charge in [0, 0.05) is 17.6 Å². The molecule has 0 saturated heterocycles. The molecule has 2 aromatic carbocycles. The molecule has 1 unspecified atom stereocenters. The number of rotatable bonds is 5. The number of anilines is 1. The average Bonchev–Trinajstić information content (AvgIpc) is 3.18. The Morgan fingerprint density at radius 3 is 2.68 bits per heavy atom. The number of halogens is 2. The maximum absolute atomic E-state index is 13.3. The lowest BCUT2D eigenvalue weighted by molar-refractivity contribution is -0.122. The summed E-state index contributed by atoms with van der Waals surface area (Å²) in [6.07, 6.45) is 4.83. The molecule has 6 heteroatoms. The molecule has 0 bridgehead atoms. The van der Waals surface area contributed by atoms with Gasteiger partial charge in [-0.1, -0.05) is 36.6 Å². The van der Waals surface area contributed by atoms with Crippen molar-refractivity contribution in [2.45, 2.75) is 50.7 Å². The van der Waals surface area contributed by atoms with Crippen LogP contribution in [-0.4, -0.2) is 24.6 Å². The van der Waals surface area contributed by atoms with Crippen molar-refractivity contribution in [1.29, 1.82) is 0 Å². The number of hydrogen-bond donors (Lipinski definition) is 1. The Bertz CT molecular complexity index is 837. The van der Waals surface area contributed by atoms with E-state index in [4.69, 9.17) is 16.3 Å². The maximum Gasteiger partial charge on any atom is 0.222 e. The predicted octanol–water partition coefficient (Wildman–Crippen LogP) is 4.70. The molecule has 1 amide bonds. The predicted molar refractivity (Wildman–Crippen MR) is 108 cm³/mol. The van der Waals surface area contributed by atoms with E-state index in [1.54, 1.807) is 18.2 Å². The smallest absolute Gasteiger partial charge is 0.222 e. The van der Waals surface area contributed by atoms with Crippen molar-refractivity contribution < 1.29 is 13.9 Å². The lowest BCUT2D eigenvalue weighted by atomic mass is 10.1. The van der Waals surface area contributed by atoms with Gasteiger partial charge in [-0.15, -0.1) is 0 Å². The van der Waals surface area contributed by atoms with Gasteiger partial charge < -0.3 is 15.0 Å². The van der Waals surface area contributed by atoms with Crippen LogP contribution in [0.5, 0.6) is 5.75 Å². The average molecular weight is 403 g/mol. The van der Waals surface area contributed by atoms with Crippen molar-refractivity contribution in [3.05, 3.63) is 58.9 Å². The van der Waals surface area contributed by atoms with E-state index in [0.29, 0.717) is 30.6 Å². The van der Waals surface area contributed by atoms with Crippen LogP contribution in [0.4, 0.5) is 10.1 Å². The number of hydrogen-bond acceptors (Lipinski definition) is 3. The van der Waals surface area contributed by atoms with E-state index in [-0.39, 0.29) is 17.8 Å². The topological polar surface area (TPSA) is 41.6 Å². The SMILES string of the molecule is O=C(CC1COc2ccc(Cl)cc2N1Cc1ccc(F)cc1)NC1CCCC1. The van der Waals surface area contributed by atoms with Crippen molar-refractivity contribution in [2.75, 3.05) is 11.5 Å². The number of benzene rings is 2. The minimum absolute atomic E-state index is 0.0510. The van der Waals surface area contributed by atoms with E-state index in [1.807, 2.05) is 12.1 Å². The summed E-state index contributed by atoms with van der Waals surface area (Å²) in [4.78, 5) is 14.8. The fourth-order valence-electron chi connectivity index (χ4n) is 4.05. The number of carbonyl (C=O) groups is 1. The summed E-state index contributed by atoms with van der Waals surface area (Å²) in [5, 5.41) is 3.77. The molecular formula is C22H24ClFN2O2. The van der Waals surface area contributed by atoms with Gasteiger partial charge >= 0.3 is 0 Å². The second-order valence-electron chi connectivity index (χ2n) is 7.58. The third-order valence-corrected chi connectivity index (χ3v) is 5.74. The summed E-state index contributed by atoms with van der Waals surface area (Å²) >= 11 is 6.22. The third-order valence-electron chi connectivity index (χ3n) is 5.51. The minimum Gasteiger partial charge on any atom is -0.489 e. The second kappa shape index (κ2) is 8.39. The monoisotopic (exact) mass is 402 g/mol. The fourth-order valence-corrected chi connectivity index (χ4v) is 4.22. The molecule has 1 heterocycles. The third kappa shape index (κ3) is 4.41. The molecule has 1 aliphatic carbocycles. The minimum atomic E-state index is -0.262. The number of nitrogens with zero attached hydrogens (tertiary/aromatic N) is 1. The Morgan fingerprint density at radius 2 is 1.93 bits per heavy atom. The van der Waals surface area contributed by atoms with Crippen molar-refractivity contribution in [2.24, 2.45) is 0 Å². The summed E-state index contributed by atoms with van der Waals surface area (Å²) in [6, 6.07) is 12.1. The normalized spacial score (nSPS) is 19.2. The summed E-state index contributed by atoms with van der Waals surface area (Å²) in [5.74, 6) is 0.538. The zero-order valence-electron chi connectivity index (χ0n) is 15.7. The summed E-state index contributed by atoms with van der Waals surface area (Å²) in [6.45, 7) is 0.978. The molecule has 4 rings (SSSR count). The molecule has 1 fully saturated rings. The van der Waals surface area contributed by atoms with Crippen LogP contribution in [0.25, 0.3) is 0 Å². The van der Waals surface area contributed by atoms with E-state index in [9.17, 15) is 9.18 Å². The highest BCUT2D eigenvalue weighted by molar-refractivity contribution is 6.31. The van der Waals surface area contributed by atoms with Gasteiger partial charge in [0.15, 0.2) is 0 Å². The lowest BCUT2D eigenvalue weighted by Gasteiger charge is -2.38. The molecule has 1 N–H and O–H groups in total. The van der Waals surface area contributed by atoms with Crippen molar-refractivity contribution in [3.63, 3.8) is 0 Å². The molecule has 28 heavy (non-hydrogen) atoms. The Kier molecular flexibility index (Phi) is 5.72. The summed E-state index contributed by atoms with van der Waals surface area (Å²) in [5.41, 5.74) is 1.83. The van der Waals surface area contributed by atoms with Gasteiger partial charge in [-0.25, -0.2) is 4.39 Å². The highest BCUT2D eigenvalue weighted by atomic mass is 35.5. The van der Waals surface area contributed by atoms with Crippen molar-refractivity contribution >= 4 is 23.2 Å². The van der Waals surface area contributed by atoms with Crippen molar-refractivity contribution in [1.82, 2.24) is 5.32 Å². The molecule has 2 aliphatic rings. The first-order chi connectivity index (χ1) is 13.6. The van der Waals surface area contributed by atoms with Crippen LogP contribution < -0.4 is 15.0 Å². The molecule has 1 aliphatic heterocycles. The highest BCUT2D eigenvalue weighted by Gasteiger charge is 2.30. The van der Waals surface area contributed by atoms with Crippen LogP contribution in [0.1, 0.15) is 37.7 Å². The number of nitrogens with one attached hydrogen (secondary N) is 1. The van der Waals surface area contributed by atoms with Gasteiger partial charge in [0.1, 0.15) is 18.2 Å². The van der Waals surface area contributed by atoms with Gasteiger partial charge in [-0.05, 0) is 48.7 Å². The van der Waals surface area contributed by atoms with E-state index in [0.717, 1.165) is 29.8 Å². The number of amides is 1. The Balaban J connectivity index is 1.55. The van der Waals surface area contributed by atoms with Crippen LogP contribution in [-0.2, 0) is 11.3 Å². The van der Waals surface area contributed by atoms with E-state index in [1.165, 1.54) is 25.0 Å². The molecule has 0 aromatic heterocycles. The summed E-state index contributed by atoms with van der Waals surface area (Å²) < 4.78 is 19.2. The van der Waals surface area contributed by atoms with Crippen LogP contribution in [0.15, 0.2) is 42.5 Å². The number of fused-ring (bicyclic) bond motifs is 1. The Morgan fingerprint density at radius 1 is 1.18 bits per heavy atom. The van der Waals surface area contributed by atoms with Gasteiger partial charge in [0.25, 0.3) is 0 Å². The Labute approximate surface area is 169 Å². The molecule has 0 radical (unpaired) electrons. The molecule has 1 saturated carbocycles. The highest BCUT2D eigenvalue weighted by Crippen LogP contribution is 2.37. The van der Waals surface area contributed by atoms with E-state index < -0.39 is 0 Å². The molecular weight excluding hydrogens is 379 g/mol. The summed E-state index contributed by atoms with van der Waals surface area (Å²) in [7, 11) is 0. The van der Waals surface area contributed by atoms with Gasteiger partial charge in [0.05, 0.1) is 18.2 Å². The molecule has 4 nitrogen and oxygen atoms in total. The second-order valence-corrected chi connectivity index (χ2v) is 8.02. The van der Waals surface area contributed by atoms with Gasteiger partial charge in [-0.3, -0.25) is 4.79 Å². The zero-order valence-corrected chi connectivity index (χ0v) is 16.4. The largest absolute Gasteiger partial charge is 0.489 e. The van der Waals surface area contributed by atoms with Crippen LogP contribution in [0.2, 0.25) is 5.02 Å². The number of ether oxygens (including phenoxy) is 1. The Hall–Kier alpha value is -2.27. The van der Waals surface area contributed by atoms with E-state index >= 15 is 0 Å². The maximum atomic E-state index is 13.3. The molecule has 1 atom stereocenters. The first-order valence-corrected chi connectivity index (χ1v) is 10.2. The quantitative estimate of drug-likeness (QED) is 0.788. The van der Waals surface area contributed by atoms with Gasteiger partial charge in [-0.2, -0.15) is 0 Å². The molecule has 0 spiro atoms. The zero-order chi connectivity index (χ0) is 19.5. The number of carbonyl (C=O) groups excluding carboxylic acids is 1. The molecule has 2 aromatic rings. The van der Waals surface area contributed by atoms with Crippen LogP contribution in [0.3, 0.4) is 0 Å². The lowest BCUT2D eigenvalue weighted by Crippen LogP contribution is -2.46. The van der Waals surface area contributed by atoms with Crippen molar-refractivity contribution in [3.8, 4) is 5.75 Å². The first-order valence-electron chi connectivity index (χ1n) is 9.81. The van der Waals surface area contributed by atoms with Crippen LogP contribution >= 0.6 is 11.6 Å². The standard InChI is InChI=1S/C22H24ClFN2O2/c23-16-7-10-21-20(11-16)26(13-15-5-8-17(24)9-6-15)19(14-28-21)12-22(27)25-18-3-1-2-4-18/h5-11,18-19H,1-4,12-14H2,(H,25,27). The van der Waals surface area contributed by atoms with E-state index in [2.05, 4.69) is 10.2 Å².